The van der Waals surface area contributed by atoms with Crippen LogP contribution in [0.2, 0.25) is 5.15 Å². The van der Waals surface area contributed by atoms with E-state index >= 15 is 0 Å². The third kappa shape index (κ3) is 3.06. The Kier molecular flexibility index (Phi) is 3.96. The van der Waals surface area contributed by atoms with E-state index in [1.165, 1.54) is 32.1 Å². The Labute approximate surface area is 101 Å². The summed E-state index contributed by atoms with van der Waals surface area (Å²) < 4.78 is 0. The highest BCUT2D eigenvalue weighted by Gasteiger charge is 2.17. The minimum atomic E-state index is 0.429. The first-order chi connectivity index (χ1) is 7.75. The summed E-state index contributed by atoms with van der Waals surface area (Å²) in [6, 6.07) is 0.531. The molecule has 1 N–H and O–H groups in total. The lowest BCUT2D eigenvalue weighted by molar-refractivity contribution is 0.269. The minimum absolute atomic E-state index is 0.429. The van der Waals surface area contributed by atoms with Gasteiger partial charge in [-0.2, -0.15) is 0 Å². The van der Waals surface area contributed by atoms with Crippen molar-refractivity contribution in [2.45, 2.75) is 25.8 Å². The minimum Gasteiger partial charge on any atom is -0.367 e. The number of hydrogen-bond acceptors (Lipinski definition) is 4. The van der Waals surface area contributed by atoms with Crippen LogP contribution in [0.5, 0.6) is 0 Å². The topological polar surface area (TPSA) is 41.1 Å². The number of hydrogen-bond donors (Lipinski definition) is 1. The lowest BCUT2D eigenvalue weighted by atomic mass is 10.3. The van der Waals surface area contributed by atoms with Crippen LogP contribution in [-0.4, -0.2) is 40.5 Å². The molecule has 1 unspecified atom stereocenters. The van der Waals surface area contributed by atoms with Crippen LogP contribution in [0.15, 0.2) is 12.4 Å². The van der Waals surface area contributed by atoms with Crippen LogP contribution in [0.25, 0.3) is 0 Å². The summed E-state index contributed by atoms with van der Waals surface area (Å²) in [6.07, 6.45) is 5.88. The number of likely N-dealkylation sites (tertiary alicyclic amines) is 1. The van der Waals surface area contributed by atoms with Crippen LogP contribution in [0, 0.1) is 0 Å². The molecule has 0 spiro atoms. The maximum atomic E-state index is 5.76. The number of aromatic nitrogens is 2. The van der Waals surface area contributed by atoms with Crippen molar-refractivity contribution in [2.24, 2.45) is 0 Å². The maximum Gasteiger partial charge on any atom is 0.149 e. The van der Waals surface area contributed by atoms with E-state index in [-0.39, 0.29) is 0 Å². The second-order valence-corrected chi connectivity index (χ2v) is 4.59. The molecule has 1 aromatic heterocycles. The van der Waals surface area contributed by atoms with Crippen LogP contribution in [0.4, 0.5) is 5.82 Å². The molecule has 0 bridgehead atoms. The van der Waals surface area contributed by atoms with Crippen LogP contribution < -0.4 is 5.32 Å². The lowest BCUT2D eigenvalue weighted by Gasteiger charge is -2.23. The third-order valence-electron chi connectivity index (χ3n) is 2.95. The van der Waals surface area contributed by atoms with Crippen LogP contribution in [-0.2, 0) is 0 Å². The Bertz CT molecular complexity index is 339. The van der Waals surface area contributed by atoms with E-state index in [2.05, 4.69) is 27.1 Å². The highest BCUT2D eigenvalue weighted by molar-refractivity contribution is 6.29. The van der Waals surface area contributed by atoms with Gasteiger partial charge in [-0.25, -0.2) is 4.98 Å². The zero-order chi connectivity index (χ0) is 11.4. The predicted octanol–water partition coefficient (Wildman–Crippen LogP) is 2.03. The second-order valence-electron chi connectivity index (χ2n) is 4.20. The Morgan fingerprint density at radius 1 is 1.44 bits per heavy atom. The van der Waals surface area contributed by atoms with Crippen molar-refractivity contribution in [2.75, 3.05) is 25.0 Å². The molecule has 16 heavy (non-hydrogen) atoms. The first-order valence-electron chi connectivity index (χ1n) is 5.71. The molecule has 1 fully saturated rings. The van der Waals surface area contributed by atoms with E-state index in [0.29, 0.717) is 11.2 Å². The summed E-state index contributed by atoms with van der Waals surface area (Å²) >= 11 is 5.76. The highest BCUT2D eigenvalue weighted by Crippen LogP contribution is 2.12. The van der Waals surface area contributed by atoms with E-state index in [4.69, 9.17) is 11.6 Å². The molecule has 1 aromatic rings. The van der Waals surface area contributed by atoms with Gasteiger partial charge in [0, 0.05) is 12.6 Å². The van der Waals surface area contributed by atoms with E-state index < -0.39 is 0 Å². The van der Waals surface area contributed by atoms with Gasteiger partial charge < -0.3 is 5.32 Å². The molecule has 0 saturated carbocycles. The average Bonchev–Trinajstić information content (AvgIpc) is 2.79. The number of anilines is 1. The van der Waals surface area contributed by atoms with Crippen LogP contribution in [0.3, 0.4) is 0 Å². The maximum absolute atomic E-state index is 5.76. The summed E-state index contributed by atoms with van der Waals surface area (Å²) in [7, 11) is 0. The van der Waals surface area contributed by atoms with Crippen LogP contribution >= 0.6 is 11.6 Å². The molecule has 0 amide bonds. The Hall–Kier alpha value is -0.870. The fourth-order valence-electron chi connectivity index (χ4n) is 1.99. The molecule has 88 valence electrons. The largest absolute Gasteiger partial charge is 0.367 e. The molecular weight excluding hydrogens is 224 g/mol. The molecule has 0 aromatic carbocycles. The monoisotopic (exact) mass is 240 g/mol. The van der Waals surface area contributed by atoms with Crippen molar-refractivity contribution in [3.05, 3.63) is 17.5 Å². The van der Waals surface area contributed by atoms with Crippen LogP contribution in [0.1, 0.15) is 19.8 Å². The molecule has 2 rings (SSSR count). The number of nitrogens with zero attached hydrogens (tertiary/aromatic N) is 3. The molecule has 1 atom stereocenters. The van der Waals surface area contributed by atoms with Crippen molar-refractivity contribution in [1.82, 2.24) is 14.9 Å². The van der Waals surface area contributed by atoms with Crippen molar-refractivity contribution < 1.29 is 0 Å². The number of nitrogens with one attached hydrogen (secondary N) is 1. The zero-order valence-corrected chi connectivity index (χ0v) is 10.2. The van der Waals surface area contributed by atoms with E-state index in [1.54, 1.807) is 6.20 Å². The molecule has 5 heteroatoms. The summed E-state index contributed by atoms with van der Waals surface area (Å²) in [5.41, 5.74) is 0. The Morgan fingerprint density at radius 2 is 2.19 bits per heavy atom. The second kappa shape index (κ2) is 5.46. The van der Waals surface area contributed by atoms with Crippen molar-refractivity contribution in [3.8, 4) is 0 Å². The molecule has 0 aliphatic carbocycles. The summed E-state index contributed by atoms with van der Waals surface area (Å²) in [4.78, 5) is 10.6. The van der Waals surface area contributed by atoms with Gasteiger partial charge in [-0.3, -0.25) is 9.88 Å². The fourth-order valence-corrected chi connectivity index (χ4v) is 2.14. The smallest absolute Gasteiger partial charge is 0.149 e. The number of halogens is 1. The molecular formula is C11H17ClN4. The normalized spacial score (nSPS) is 18.6. The molecule has 2 heterocycles. The molecule has 1 aliphatic rings. The summed E-state index contributed by atoms with van der Waals surface area (Å²) in [6.45, 7) is 5.54. The van der Waals surface area contributed by atoms with E-state index in [1.807, 2.05) is 0 Å². The van der Waals surface area contributed by atoms with Gasteiger partial charge in [0.2, 0.25) is 0 Å². The standard InChI is InChI=1S/C11H17ClN4/c1-9(16-4-2-3-5-16)6-14-11-8-13-7-10(12)15-11/h7-9H,2-6H2,1H3,(H,14,15). The summed E-state index contributed by atoms with van der Waals surface area (Å²) in [5, 5.41) is 3.69. The third-order valence-corrected chi connectivity index (χ3v) is 3.13. The number of rotatable bonds is 4. The van der Waals surface area contributed by atoms with Gasteiger partial charge in [0.1, 0.15) is 11.0 Å². The quantitative estimate of drug-likeness (QED) is 0.875. The predicted molar refractivity (Wildman–Crippen MR) is 65.8 cm³/mol. The van der Waals surface area contributed by atoms with Gasteiger partial charge in [0.25, 0.3) is 0 Å². The highest BCUT2D eigenvalue weighted by atomic mass is 35.5. The van der Waals surface area contributed by atoms with E-state index in [9.17, 15) is 0 Å². The average molecular weight is 241 g/mol. The SMILES string of the molecule is CC(CNc1cncc(Cl)n1)N1CCCC1. The molecule has 1 aliphatic heterocycles. The van der Waals surface area contributed by atoms with Gasteiger partial charge in [-0.1, -0.05) is 11.6 Å². The zero-order valence-electron chi connectivity index (χ0n) is 9.49. The van der Waals surface area contributed by atoms with E-state index in [0.717, 1.165) is 12.4 Å². The fraction of sp³-hybridized carbons (Fsp3) is 0.636. The van der Waals surface area contributed by atoms with Gasteiger partial charge in [-0.05, 0) is 32.9 Å². The van der Waals surface area contributed by atoms with Gasteiger partial charge in [0.05, 0.1) is 12.4 Å². The van der Waals surface area contributed by atoms with Gasteiger partial charge in [0.15, 0.2) is 0 Å². The first-order valence-corrected chi connectivity index (χ1v) is 6.09. The van der Waals surface area contributed by atoms with Gasteiger partial charge >= 0.3 is 0 Å². The van der Waals surface area contributed by atoms with Gasteiger partial charge in [-0.15, -0.1) is 0 Å². The van der Waals surface area contributed by atoms with Crippen molar-refractivity contribution >= 4 is 17.4 Å². The lowest BCUT2D eigenvalue weighted by Crippen LogP contribution is -2.35. The summed E-state index contributed by atoms with van der Waals surface area (Å²) in [5.74, 6) is 0.749. The van der Waals surface area contributed by atoms with Crippen molar-refractivity contribution in [3.63, 3.8) is 0 Å². The Morgan fingerprint density at radius 3 is 2.88 bits per heavy atom. The van der Waals surface area contributed by atoms with Crippen molar-refractivity contribution in [1.29, 1.82) is 0 Å². The molecule has 4 nitrogen and oxygen atoms in total. The molecule has 1 saturated heterocycles. The molecule has 0 radical (unpaired) electrons. The Balaban J connectivity index is 1.82. The first kappa shape index (κ1) is 11.6.